The minimum absolute atomic E-state index is 0.243. The monoisotopic (exact) mass is 419 g/mol. The fraction of sp³-hybridized carbons (Fsp3) is 0.227. The number of hydrogen-bond donors (Lipinski definition) is 2. The van der Waals surface area contributed by atoms with Gasteiger partial charge in [-0.15, -0.1) is 0 Å². The van der Waals surface area contributed by atoms with Crippen molar-refractivity contribution < 1.29 is 4.79 Å². The summed E-state index contributed by atoms with van der Waals surface area (Å²) >= 11 is 1.98. The van der Waals surface area contributed by atoms with Crippen LogP contribution in [-0.4, -0.2) is 45.1 Å². The third kappa shape index (κ3) is 3.23. The van der Waals surface area contributed by atoms with Crippen LogP contribution < -0.4 is 15.8 Å². The van der Waals surface area contributed by atoms with Gasteiger partial charge in [-0.05, 0) is 42.8 Å². The molecule has 5 rings (SSSR count). The molecule has 0 unspecified atom stereocenters. The van der Waals surface area contributed by atoms with E-state index in [1.807, 2.05) is 36.0 Å². The first-order chi connectivity index (χ1) is 14.6. The van der Waals surface area contributed by atoms with Crippen LogP contribution in [0.5, 0.6) is 0 Å². The number of para-hydroxylation sites is 1. The van der Waals surface area contributed by atoms with Crippen molar-refractivity contribution in [3.8, 4) is 0 Å². The molecule has 2 N–H and O–H groups in total. The van der Waals surface area contributed by atoms with E-state index < -0.39 is 0 Å². The second kappa shape index (κ2) is 7.53. The summed E-state index contributed by atoms with van der Waals surface area (Å²) in [6.45, 7) is 4.15. The number of amides is 1. The van der Waals surface area contributed by atoms with Crippen molar-refractivity contribution in [2.75, 3.05) is 34.8 Å². The minimum Gasteiger partial charge on any atom is -0.370 e. The Bertz CT molecular complexity index is 1320. The van der Waals surface area contributed by atoms with Gasteiger partial charge in [-0.2, -0.15) is 16.9 Å². The van der Waals surface area contributed by atoms with Gasteiger partial charge in [0.25, 0.3) is 11.5 Å². The van der Waals surface area contributed by atoms with Crippen LogP contribution in [0.3, 0.4) is 0 Å². The van der Waals surface area contributed by atoms with E-state index in [0.29, 0.717) is 22.1 Å². The topological polar surface area (TPSA) is 82.5 Å². The molecule has 0 atom stereocenters. The number of hydrogen-bond acceptors (Lipinski definition) is 5. The Hall–Kier alpha value is -3.26. The minimum atomic E-state index is -0.308. The number of aryl methyl sites for hydroxylation is 1. The number of thioether (sulfide) groups is 1. The lowest BCUT2D eigenvalue weighted by molar-refractivity contribution is 0.102. The van der Waals surface area contributed by atoms with Crippen LogP contribution in [0, 0.1) is 6.92 Å². The Morgan fingerprint density at radius 2 is 1.97 bits per heavy atom. The second-order valence-electron chi connectivity index (χ2n) is 7.34. The number of nitrogens with zero attached hydrogens (tertiary/aromatic N) is 3. The first-order valence-corrected chi connectivity index (χ1v) is 11.0. The first-order valence-electron chi connectivity index (χ1n) is 9.85. The molecule has 30 heavy (non-hydrogen) atoms. The van der Waals surface area contributed by atoms with E-state index in [9.17, 15) is 9.59 Å². The number of H-pyrrole nitrogens is 1. The molecule has 7 nitrogen and oxygen atoms in total. The Kier molecular flexibility index (Phi) is 4.71. The third-order valence-electron chi connectivity index (χ3n) is 5.43. The summed E-state index contributed by atoms with van der Waals surface area (Å²) in [5.41, 5.74) is 4.18. The highest BCUT2D eigenvalue weighted by Crippen LogP contribution is 2.26. The van der Waals surface area contributed by atoms with Crippen molar-refractivity contribution in [1.29, 1.82) is 0 Å². The molecule has 3 heterocycles. The van der Waals surface area contributed by atoms with E-state index in [1.54, 1.807) is 16.6 Å². The first kappa shape index (κ1) is 18.7. The van der Waals surface area contributed by atoms with Crippen molar-refractivity contribution >= 4 is 45.6 Å². The molecule has 1 aliphatic rings. The summed E-state index contributed by atoms with van der Waals surface area (Å²) in [6, 6.07) is 13.2. The number of fused-ring (bicyclic) bond motifs is 3. The highest BCUT2D eigenvalue weighted by Gasteiger charge is 2.18. The number of carbonyl (C=O) groups is 1. The number of aromatic amines is 1. The Labute approximate surface area is 177 Å². The molecule has 0 spiro atoms. The summed E-state index contributed by atoms with van der Waals surface area (Å²) in [6.07, 6.45) is 1.49. The molecular weight excluding hydrogens is 398 g/mol. The zero-order chi connectivity index (χ0) is 20.7. The highest BCUT2D eigenvalue weighted by molar-refractivity contribution is 7.99. The Morgan fingerprint density at radius 3 is 2.77 bits per heavy atom. The van der Waals surface area contributed by atoms with Crippen LogP contribution in [0.1, 0.15) is 15.9 Å². The maximum atomic E-state index is 12.9. The Morgan fingerprint density at radius 1 is 1.17 bits per heavy atom. The fourth-order valence-corrected chi connectivity index (χ4v) is 4.84. The van der Waals surface area contributed by atoms with Crippen LogP contribution in [0.2, 0.25) is 0 Å². The summed E-state index contributed by atoms with van der Waals surface area (Å²) in [4.78, 5) is 30.5. The van der Waals surface area contributed by atoms with Gasteiger partial charge in [-0.25, -0.2) is 4.52 Å². The molecule has 0 saturated carbocycles. The van der Waals surface area contributed by atoms with Gasteiger partial charge < -0.3 is 15.2 Å². The van der Waals surface area contributed by atoms with Gasteiger partial charge in [0.1, 0.15) is 11.2 Å². The second-order valence-corrected chi connectivity index (χ2v) is 8.57. The molecule has 152 valence electrons. The maximum absolute atomic E-state index is 12.9. The molecular formula is C22H21N5O2S. The van der Waals surface area contributed by atoms with Crippen molar-refractivity contribution in [1.82, 2.24) is 14.6 Å². The molecule has 0 radical (unpaired) electrons. The number of benzene rings is 2. The van der Waals surface area contributed by atoms with E-state index in [2.05, 4.69) is 33.3 Å². The van der Waals surface area contributed by atoms with E-state index in [1.165, 1.54) is 11.9 Å². The van der Waals surface area contributed by atoms with Gasteiger partial charge in [0.05, 0.1) is 17.1 Å². The van der Waals surface area contributed by atoms with Gasteiger partial charge in [0, 0.05) is 36.0 Å². The van der Waals surface area contributed by atoms with Crippen LogP contribution in [0.15, 0.2) is 53.5 Å². The van der Waals surface area contributed by atoms with Crippen LogP contribution >= 0.6 is 11.8 Å². The highest BCUT2D eigenvalue weighted by atomic mass is 32.2. The molecule has 1 fully saturated rings. The van der Waals surface area contributed by atoms with E-state index >= 15 is 0 Å². The van der Waals surface area contributed by atoms with E-state index in [-0.39, 0.29) is 11.5 Å². The van der Waals surface area contributed by atoms with Crippen LogP contribution in [0.25, 0.3) is 16.6 Å². The molecule has 1 aliphatic heterocycles. The lowest BCUT2D eigenvalue weighted by Gasteiger charge is -2.30. The van der Waals surface area contributed by atoms with Gasteiger partial charge in [-0.1, -0.05) is 12.1 Å². The predicted molar refractivity (Wildman–Crippen MR) is 122 cm³/mol. The normalized spacial score (nSPS) is 14.4. The molecule has 2 aromatic heterocycles. The van der Waals surface area contributed by atoms with Crippen LogP contribution in [-0.2, 0) is 0 Å². The van der Waals surface area contributed by atoms with Crippen molar-refractivity contribution in [2.45, 2.75) is 6.92 Å². The van der Waals surface area contributed by atoms with Gasteiger partial charge >= 0.3 is 0 Å². The molecule has 8 heteroatoms. The van der Waals surface area contributed by atoms with E-state index in [0.717, 1.165) is 35.8 Å². The van der Waals surface area contributed by atoms with Gasteiger partial charge in [0.15, 0.2) is 0 Å². The average molecular weight is 420 g/mol. The average Bonchev–Trinajstić information content (AvgIpc) is 3.19. The number of anilines is 2. The summed E-state index contributed by atoms with van der Waals surface area (Å²) in [7, 11) is 0. The summed E-state index contributed by atoms with van der Waals surface area (Å²) in [5.74, 6) is 1.97. The van der Waals surface area contributed by atoms with Crippen LogP contribution in [0.4, 0.5) is 11.4 Å². The van der Waals surface area contributed by atoms with E-state index in [4.69, 9.17) is 0 Å². The van der Waals surface area contributed by atoms with Crippen molar-refractivity contribution in [3.63, 3.8) is 0 Å². The predicted octanol–water partition coefficient (Wildman–Crippen LogP) is 3.29. The summed E-state index contributed by atoms with van der Waals surface area (Å²) in [5, 5.41) is 7.79. The molecule has 4 aromatic rings. The third-order valence-corrected chi connectivity index (χ3v) is 6.37. The molecule has 0 bridgehead atoms. The zero-order valence-electron chi connectivity index (χ0n) is 16.5. The SMILES string of the molecule is Cc1cc(NC(=O)c2cnn3c2[nH]c(=O)c2ccccc23)ccc1N1CCSCC1. The number of aromatic nitrogens is 3. The number of rotatable bonds is 3. The van der Waals surface area contributed by atoms with Crippen molar-refractivity contribution in [2.24, 2.45) is 0 Å². The van der Waals surface area contributed by atoms with Gasteiger partial charge in [0.2, 0.25) is 0 Å². The maximum Gasteiger partial charge on any atom is 0.261 e. The smallest absolute Gasteiger partial charge is 0.261 e. The van der Waals surface area contributed by atoms with Crippen molar-refractivity contribution in [3.05, 3.63) is 70.1 Å². The quantitative estimate of drug-likeness (QED) is 0.533. The standard InChI is InChI=1S/C22H21N5O2S/c1-14-12-15(6-7-18(14)26-8-10-30-11-9-26)24-22(29)17-13-23-27-19-5-3-2-4-16(19)21(28)25-20(17)27/h2-7,12-13H,8-11H2,1H3,(H,24,29)(H,25,28). The molecule has 1 amide bonds. The summed E-state index contributed by atoms with van der Waals surface area (Å²) < 4.78 is 1.59. The molecule has 1 saturated heterocycles. The largest absolute Gasteiger partial charge is 0.370 e. The molecule has 0 aliphatic carbocycles. The molecule has 2 aromatic carbocycles. The zero-order valence-corrected chi connectivity index (χ0v) is 17.3. The fourth-order valence-electron chi connectivity index (χ4n) is 3.93. The number of nitrogens with one attached hydrogen (secondary N) is 2. The van der Waals surface area contributed by atoms with Gasteiger partial charge in [-0.3, -0.25) is 9.59 Å². The lowest BCUT2D eigenvalue weighted by Crippen LogP contribution is -2.32. The lowest BCUT2D eigenvalue weighted by atomic mass is 10.1. The number of carbonyl (C=O) groups excluding carboxylic acids is 1. The Balaban J connectivity index is 1.45.